The fourth-order valence-electron chi connectivity index (χ4n) is 4.38. The van der Waals surface area contributed by atoms with Gasteiger partial charge in [0.2, 0.25) is 17.6 Å². The summed E-state index contributed by atoms with van der Waals surface area (Å²) in [5, 5.41) is 4.07. The zero-order valence-electron chi connectivity index (χ0n) is 24.5. The summed E-state index contributed by atoms with van der Waals surface area (Å²) in [4.78, 5) is 69.4. The van der Waals surface area contributed by atoms with Crippen LogP contribution in [0, 0.1) is 0 Å². The number of amides is 3. The first-order valence-corrected chi connectivity index (χ1v) is 13.7. The van der Waals surface area contributed by atoms with Crippen molar-refractivity contribution in [3.63, 3.8) is 0 Å². The third-order valence-corrected chi connectivity index (χ3v) is 6.75. The normalized spacial score (nSPS) is 11.8. The number of halogens is 2. The maximum atomic E-state index is 15.2. The van der Waals surface area contributed by atoms with Gasteiger partial charge in [-0.1, -0.05) is 42.5 Å². The fourth-order valence-corrected chi connectivity index (χ4v) is 4.38. The second kappa shape index (κ2) is 14.8. The molecule has 234 valence electrons. The van der Waals surface area contributed by atoms with Crippen molar-refractivity contribution in [3.8, 4) is 17.1 Å². The number of benzene rings is 2. The summed E-state index contributed by atoms with van der Waals surface area (Å²) in [7, 11) is 1.44. The molecule has 0 aliphatic rings. The molecular formula is C30H34F2N6O6. The molecule has 0 saturated carbocycles. The number of carbonyl (C=O) groups excluding carboxylic acids is 4. The molecule has 44 heavy (non-hydrogen) atoms. The summed E-state index contributed by atoms with van der Waals surface area (Å²) >= 11 is 0. The van der Waals surface area contributed by atoms with Gasteiger partial charge in [0, 0.05) is 25.1 Å². The summed E-state index contributed by atoms with van der Waals surface area (Å²) < 4.78 is 36.5. The molecule has 1 unspecified atom stereocenters. The summed E-state index contributed by atoms with van der Waals surface area (Å²) in [5.41, 5.74) is 5.51. The van der Waals surface area contributed by atoms with Gasteiger partial charge in [-0.25, -0.2) is 4.98 Å². The Morgan fingerprint density at radius 1 is 1.07 bits per heavy atom. The molecule has 1 heterocycles. The largest absolute Gasteiger partial charge is 0.497 e. The van der Waals surface area contributed by atoms with Crippen LogP contribution in [-0.2, 0) is 32.1 Å². The van der Waals surface area contributed by atoms with Crippen LogP contribution in [0.4, 0.5) is 14.5 Å². The SMILES string of the molecule is CCN(CC)C(=O)CNC(=O)C(F)(F)C(=O)C(Cc1ccccc1)NC(=O)Cn1c(-c2cccc(OC)c2)ncc(N)c1=O. The lowest BCUT2D eigenvalue weighted by atomic mass is 9.98. The molecule has 0 bridgehead atoms. The Bertz CT molecular complexity index is 1560. The van der Waals surface area contributed by atoms with Crippen molar-refractivity contribution >= 4 is 29.2 Å². The van der Waals surface area contributed by atoms with E-state index in [1.54, 1.807) is 68.4 Å². The van der Waals surface area contributed by atoms with Crippen LogP contribution in [0.3, 0.4) is 0 Å². The molecule has 0 saturated heterocycles. The van der Waals surface area contributed by atoms with Gasteiger partial charge in [-0.15, -0.1) is 0 Å². The number of Topliss-reactive ketones (excluding diaryl/α,β-unsaturated/α-hetero) is 1. The van der Waals surface area contributed by atoms with Gasteiger partial charge in [0.1, 0.15) is 23.8 Å². The number of alkyl halides is 2. The monoisotopic (exact) mass is 612 g/mol. The minimum atomic E-state index is -4.60. The number of nitrogens with one attached hydrogen (secondary N) is 2. The van der Waals surface area contributed by atoms with Gasteiger partial charge in [0.15, 0.2) is 0 Å². The zero-order valence-corrected chi connectivity index (χ0v) is 24.5. The van der Waals surface area contributed by atoms with Crippen molar-refractivity contribution < 1.29 is 32.7 Å². The van der Waals surface area contributed by atoms with Crippen molar-refractivity contribution in [2.24, 2.45) is 0 Å². The Morgan fingerprint density at radius 3 is 2.39 bits per heavy atom. The van der Waals surface area contributed by atoms with Crippen LogP contribution in [-0.4, -0.2) is 76.7 Å². The van der Waals surface area contributed by atoms with Crippen LogP contribution in [0.15, 0.2) is 65.6 Å². The molecule has 0 aliphatic carbocycles. The van der Waals surface area contributed by atoms with E-state index in [2.05, 4.69) is 10.3 Å². The number of likely N-dealkylation sites (N-methyl/N-ethyl adjacent to an activating group) is 1. The third-order valence-electron chi connectivity index (χ3n) is 6.75. The van der Waals surface area contributed by atoms with Crippen LogP contribution in [0.2, 0.25) is 0 Å². The van der Waals surface area contributed by atoms with Crippen molar-refractivity contribution in [2.75, 3.05) is 32.5 Å². The van der Waals surface area contributed by atoms with E-state index in [0.29, 0.717) is 30.0 Å². The van der Waals surface area contributed by atoms with E-state index in [1.165, 1.54) is 12.0 Å². The van der Waals surface area contributed by atoms with Gasteiger partial charge in [-0.3, -0.25) is 28.5 Å². The molecule has 0 fully saturated rings. The van der Waals surface area contributed by atoms with Crippen LogP contribution >= 0.6 is 0 Å². The number of ketones is 1. The number of hydrogen-bond acceptors (Lipinski definition) is 8. The predicted molar refractivity (Wildman–Crippen MR) is 158 cm³/mol. The Kier molecular flexibility index (Phi) is 11.3. The lowest BCUT2D eigenvalue weighted by Gasteiger charge is -2.24. The van der Waals surface area contributed by atoms with Gasteiger partial charge in [0.05, 0.1) is 25.9 Å². The number of nitrogens with two attached hydrogens (primary N) is 1. The molecule has 1 aromatic heterocycles. The molecule has 0 radical (unpaired) electrons. The molecule has 3 amide bonds. The second-order valence-corrected chi connectivity index (χ2v) is 9.66. The Hall–Kier alpha value is -5.14. The predicted octanol–water partition coefficient (Wildman–Crippen LogP) is 1.42. The maximum Gasteiger partial charge on any atom is 0.383 e. The molecule has 3 rings (SSSR count). The van der Waals surface area contributed by atoms with Crippen molar-refractivity contribution in [3.05, 3.63) is 76.7 Å². The van der Waals surface area contributed by atoms with E-state index in [9.17, 15) is 24.0 Å². The van der Waals surface area contributed by atoms with E-state index in [4.69, 9.17) is 10.5 Å². The number of nitrogens with zero attached hydrogens (tertiary/aromatic N) is 3. The molecule has 14 heteroatoms. The molecule has 12 nitrogen and oxygen atoms in total. The third kappa shape index (κ3) is 8.02. The lowest BCUT2D eigenvalue weighted by Crippen LogP contribution is -2.56. The smallest absolute Gasteiger partial charge is 0.383 e. The van der Waals surface area contributed by atoms with Crippen LogP contribution < -0.4 is 26.7 Å². The highest BCUT2D eigenvalue weighted by Crippen LogP contribution is 2.22. The van der Waals surface area contributed by atoms with E-state index >= 15 is 8.78 Å². The average Bonchev–Trinajstić information content (AvgIpc) is 3.02. The minimum absolute atomic E-state index is 0.0340. The number of nitrogen functional groups attached to an aromatic ring is 1. The van der Waals surface area contributed by atoms with E-state index in [1.807, 2.05) is 5.32 Å². The highest BCUT2D eigenvalue weighted by molar-refractivity contribution is 6.11. The Labute approximate surface area is 252 Å². The van der Waals surface area contributed by atoms with E-state index in [-0.39, 0.29) is 17.9 Å². The quantitative estimate of drug-likeness (QED) is 0.230. The van der Waals surface area contributed by atoms with E-state index in [0.717, 1.165) is 10.8 Å². The van der Waals surface area contributed by atoms with Gasteiger partial charge in [0.25, 0.3) is 11.5 Å². The molecule has 4 N–H and O–H groups in total. The highest BCUT2D eigenvalue weighted by atomic mass is 19.3. The average molecular weight is 613 g/mol. The number of hydrogen-bond donors (Lipinski definition) is 3. The Morgan fingerprint density at radius 2 is 1.75 bits per heavy atom. The van der Waals surface area contributed by atoms with Crippen molar-refractivity contribution in [1.82, 2.24) is 25.1 Å². The standard InChI is InChI=1S/C30H34F2N6O6/c1-4-37(5-2)25(40)17-35-29(43)30(31,32)26(41)23(14-19-10-7-6-8-11-19)36-24(39)18-38-27(34-16-22(33)28(38)42)20-12-9-13-21(15-20)44-3/h6-13,15-16,23H,4-5,14,17-18,33H2,1-3H3,(H,35,43)(H,36,39). The van der Waals surface area contributed by atoms with E-state index < -0.39 is 54.1 Å². The lowest BCUT2D eigenvalue weighted by molar-refractivity contribution is -0.161. The topological polar surface area (TPSA) is 166 Å². The molecule has 0 spiro atoms. The number of anilines is 1. The van der Waals surface area contributed by atoms with Gasteiger partial charge >= 0.3 is 5.92 Å². The van der Waals surface area contributed by atoms with Crippen molar-refractivity contribution in [1.29, 1.82) is 0 Å². The number of ether oxygens (including phenoxy) is 1. The van der Waals surface area contributed by atoms with Crippen LogP contribution in [0.1, 0.15) is 19.4 Å². The zero-order chi connectivity index (χ0) is 32.4. The van der Waals surface area contributed by atoms with Gasteiger partial charge < -0.3 is 26.0 Å². The summed E-state index contributed by atoms with van der Waals surface area (Å²) in [5.74, 6) is -9.60. The minimum Gasteiger partial charge on any atom is -0.497 e. The first kappa shape index (κ1) is 33.4. The number of carbonyl (C=O) groups is 4. The van der Waals surface area contributed by atoms with Gasteiger partial charge in [-0.05, 0) is 31.5 Å². The molecule has 2 aromatic carbocycles. The first-order valence-electron chi connectivity index (χ1n) is 13.7. The molecule has 1 atom stereocenters. The maximum absolute atomic E-state index is 15.2. The molecule has 0 aliphatic heterocycles. The molecular weight excluding hydrogens is 578 g/mol. The summed E-state index contributed by atoms with van der Waals surface area (Å²) in [6.07, 6.45) is 0.733. The Balaban J connectivity index is 1.88. The van der Waals surface area contributed by atoms with Crippen LogP contribution in [0.5, 0.6) is 5.75 Å². The fraction of sp³-hybridized carbons (Fsp3) is 0.333. The van der Waals surface area contributed by atoms with Gasteiger partial charge in [-0.2, -0.15) is 8.78 Å². The van der Waals surface area contributed by atoms with Crippen molar-refractivity contribution in [2.45, 2.75) is 38.8 Å². The molecule has 3 aromatic rings. The number of rotatable bonds is 14. The number of aromatic nitrogens is 2. The first-order chi connectivity index (χ1) is 20.9. The number of methoxy groups -OCH3 is 1. The summed E-state index contributed by atoms with van der Waals surface area (Å²) in [6.45, 7) is 2.50. The highest BCUT2D eigenvalue weighted by Gasteiger charge is 2.50. The second-order valence-electron chi connectivity index (χ2n) is 9.66. The van der Waals surface area contributed by atoms with Crippen LogP contribution in [0.25, 0.3) is 11.4 Å². The summed E-state index contributed by atoms with van der Waals surface area (Å²) in [6, 6.07) is 12.6.